The van der Waals surface area contributed by atoms with Gasteiger partial charge < -0.3 is 10.6 Å². The molecule has 6 nitrogen and oxygen atoms in total. The van der Waals surface area contributed by atoms with E-state index in [0.717, 1.165) is 0 Å². The molecular weight excluding hydrogens is 329 g/mol. The van der Waals surface area contributed by atoms with Crippen molar-refractivity contribution in [3.8, 4) is 0 Å². The van der Waals surface area contributed by atoms with E-state index in [-0.39, 0.29) is 36.0 Å². The summed E-state index contributed by atoms with van der Waals surface area (Å²) in [5.74, 6) is -0.231. The van der Waals surface area contributed by atoms with E-state index in [1.54, 1.807) is 7.05 Å². The van der Waals surface area contributed by atoms with Crippen LogP contribution in [0.25, 0.3) is 0 Å². The molecule has 0 radical (unpaired) electrons. The first-order valence-electron chi connectivity index (χ1n) is 6.47. The highest BCUT2D eigenvalue weighted by Gasteiger charge is 2.30. The van der Waals surface area contributed by atoms with Crippen molar-refractivity contribution in [3.63, 3.8) is 0 Å². The van der Waals surface area contributed by atoms with Gasteiger partial charge in [0.1, 0.15) is 0 Å². The van der Waals surface area contributed by atoms with Crippen molar-refractivity contribution in [1.29, 1.82) is 0 Å². The number of nitro benzene ring substituents is 1. The highest BCUT2D eigenvalue weighted by atomic mass is 35.5. The summed E-state index contributed by atoms with van der Waals surface area (Å²) in [5, 5.41) is 11.2. The minimum atomic E-state index is -0.653. The van der Waals surface area contributed by atoms with Crippen LogP contribution in [0, 0.1) is 15.5 Å². The van der Waals surface area contributed by atoms with E-state index >= 15 is 0 Å². The molecular formula is C14H21Cl2N3O3. The predicted octanol–water partition coefficient (Wildman–Crippen LogP) is 3.00. The summed E-state index contributed by atoms with van der Waals surface area (Å²) in [7, 11) is 1.60. The number of hydrogen-bond donors (Lipinski definition) is 1. The lowest BCUT2D eigenvalue weighted by atomic mass is 9.86. The average Bonchev–Trinajstić information content (AvgIpc) is 2.38. The van der Waals surface area contributed by atoms with Gasteiger partial charge in [-0.15, -0.1) is 12.4 Å². The first-order chi connectivity index (χ1) is 9.54. The Labute approximate surface area is 141 Å². The Kier molecular flexibility index (Phi) is 7.28. The van der Waals surface area contributed by atoms with Crippen molar-refractivity contribution in [2.75, 3.05) is 7.05 Å². The van der Waals surface area contributed by atoms with E-state index in [9.17, 15) is 14.9 Å². The monoisotopic (exact) mass is 349 g/mol. The largest absolute Gasteiger partial charge is 0.340 e. The summed E-state index contributed by atoms with van der Waals surface area (Å²) in [6, 6.07) is 3.50. The molecule has 0 unspecified atom stereocenters. The van der Waals surface area contributed by atoms with Crippen LogP contribution in [0.2, 0.25) is 5.02 Å². The van der Waals surface area contributed by atoms with Gasteiger partial charge in [-0.2, -0.15) is 0 Å². The second-order valence-corrected chi connectivity index (χ2v) is 6.48. The molecule has 0 spiro atoms. The van der Waals surface area contributed by atoms with Crippen LogP contribution in [0.15, 0.2) is 18.2 Å². The van der Waals surface area contributed by atoms with E-state index in [0.29, 0.717) is 10.6 Å². The predicted molar refractivity (Wildman–Crippen MR) is 89.3 cm³/mol. The molecule has 0 saturated heterocycles. The summed E-state index contributed by atoms with van der Waals surface area (Å²) in [6.07, 6.45) is 0. The number of likely N-dealkylation sites (N-methyl/N-ethyl adjacent to an activating group) is 1. The number of nitrogens with two attached hydrogens (primary N) is 1. The summed E-state index contributed by atoms with van der Waals surface area (Å²) < 4.78 is 0. The molecule has 124 valence electrons. The Bertz CT molecular complexity index is 559. The summed E-state index contributed by atoms with van der Waals surface area (Å²) >= 11 is 6.03. The minimum Gasteiger partial charge on any atom is -0.340 e. The number of carbonyl (C=O) groups is 1. The maximum atomic E-state index is 12.2. The molecule has 0 heterocycles. The molecule has 1 rings (SSSR count). The molecule has 0 saturated carbocycles. The number of amides is 1. The highest BCUT2D eigenvalue weighted by Crippen LogP contribution is 2.24. The molecule has 1 aromatic rings. The number of benzene rings is 1. The van der Waals surface area contributed by atoms with E-state index in [1.807, 2.05) is 20.8 Å². The Balaban J connectivity index is 0.00000441. The SMILES string of the molecule is CN(Cc1cc([N+](=O)[O-])ccc1Cl)C(=O)[C@@H](N)C(C)(C)C.Cl. The first kappa shape index (κ1) is 20.6. The van der Waals surface area contributed by atoms with Crippen LogP contribution in [0.5, 0.6) is 0 Å². The Morgan fingerprint density at radius 3 is 2.45 bits per heavy atom. The third-order valence-corrected chi connectivity index (χ3v) is 3.59. The number of carbonyl (C=O) groups excluding carboxylic acids is 1. The van der Waals surface area contributed by atoms with Crippen molar-refractivity contribution < 1.29 is 9.72 Å². The molecule has 0 aromatic heterocycles. The third-order valence-electron chi connectivity index (χ3n) is 3.22. The summed E-state index contributed by atoms with van der Waals surface area (Å²) in [6.45, 7) is 5.81. The van der Waals surface area contributed by atoms with Gasteiger partial charge in [-0.1, -0.05) is 32.4 Å². The fraction of sp³-hybridized carbons (Fsp3) is 0.500. The van der Waals surface area contributed by atoms with Crippen LogP contribution >= 0.6 is 24.0 Å². The fourth-order valence-corrected chi connectivity index (χ4v) is 1.91. The molecule has 0 aliphatic carbocycles. The average molecular weight is 350 g/mol. The molecule has 1 aromatic carbocycles. The van der Waals surface area contributed by atoms with Crippen LogP contribution in [0.1, 0.15) is 26.3 Å². The number of nitro groups is 1. The lowest BCUT2D eigenvalue weighted by molar-refractivity contribution is -0.384. The topological polar surface area (TPSA) is 89.5 Å². The van der Waals surface area contributed by atoms with Gasteiger partial charge in [0.15, 0.2) is 0 Å². The van der Waals surface area contributed by atoms with Crippen molar-refractivity contribution in [1.82, 2.24) is 4.90 Å². The standard InChI is InChI=1S/C14H20ClN3O3.ClH/c1-14(2,3)12(16)13(19)17(4)8-9-7-10(18(20)21)5-6-11(9)15;/h5-7,12H,8,16H2,1-4H3;1H/t12-;/m1./s1. The normalized spacial score (nSPS) is 12.3. The maximum absolute atomic E-state index is 12.2. The third kappa shape index (κ3) is 5.12. The number of nitrogens with zero attached hydrogens (tertiary/aromatic N) is 2. The summed E-state index contributed by atoms with van der Waals surface area (Å²) in [4.78, 5) is 24.0. The lowest BCUT2D eigenvalue weighted by Gasteiger charge is -2.30. The number of halogens is 2. The first-order valence-corrected chi connectivity index (χ1v) is 6.85. The zero-order valence-corrected chi connectivity index (χ0v) is 14.6. The minimum absolute atomic E-state index is 0. The molecule has 22 heavy (non-hydrogen) atoms. The molecule has 1 amide bonds. The number of hydrogen-bond acceptors (Lipinski definition) is 4. The zero-order chi connectivity index (χ0) is 16.4. The van der Waals surface area contributed by atoms with Crippen molar-refractivity contribution in [3.05, 3.63) is 38.9 Å². The second kappa shape index (κ2) is 7.76. The summed E-state index contributed by atoms with van der Waals surface area (Å²) in [5.41, 5.74) is 6.03. The van der Waals surface area contributed by atoms with E-state index < -0.39 is 11.0 Å². The smallest absolute Gasteiger partial charge is 0.269 e. The molecule has 0 bridgehead atoms. The van der Waals surface area contributed by atoms with Gasteiger partial charge in [0.05, 0.1) is 11.0 Å². The van der Waals surface area contributed by atoms with Crippen LogP contribution in [-0.4, -0.2) is 28.8 Å². The van der Waals surface area contributed by atoms with Gasteiger partial charge in [0.25, 0.3) is 5.69 Å². The van der Waals surface area contributed by atoms with Crippen LogP contribution in [-0.2, 0) is 11.3 Å². The quantitative estimate of drug-likeness (QED) is 0.668. The Hall–Kier alpha value is -1.37. The van der Waals surface area contributed by atoms with Gasteiger partial charge in [0.2, 0.25) is 5.91 Å². The van der Waals surface area contributed by atoms with Crippen molar-refractivity contribution >= 4 is 35.6 Å². The second-order valence-electron chi connectivity index (χ2n) is 6.07. The molecule has 0 aliphatic heterocycles. The van der Waals surface area contributed by atoms with Gasteiger partial charge in [-0.25, -0.2) is 0 Å². The Morgan fingerprint density at radius 2 is 2.00 bits per heavy atom. The zero-order valence-electron chi connectivity index (χ0n) is 13.0. The van der Waals surface area contributed by atoms with Crippen molar-refractivity contribution in [2.24, 2.45) is 11.1 Å². The van der Waals surface area contributed by atoms with Gasteiger partial charge >= 0.3 is 0 Å². The van der Waals surface area contributed by atoms with Crippen molar-refractivity contribution in [2.45, 2.75) is 33.4 Å². The van der Waals surface area contributed by atoms with E-state index in [2.05, 4.69) is 0 Å². The molecule has 2 N–H and O–H groups in total. The molecule has 8 heteroatoms. The van der Waals surface area contributed by atoms with Crippen LogP contribution in [0.3, 0.4) is 0 Å². The molecule has 0 aliphatic rings. The number of rotatable bonds is 4. The van der Waals surface area contributed by atoms with Crippen LogP contribution < -0.4 is 5.73 Å². The number of non-ortho nitro benzene ring substituents is 1. The molecule has 0 fully saturated rings. The van der Waals surface area contributed by atoms with Gasteiger partial charge in [-0.05, 0) is 17.0 Å². The van der Waals surface area contributed by atoms with E-state index in [1.165, 1.54) is 23.1 Å². The molecule has 1 atom stereocenters. The Morgan fingerprint density at radius 1 is 1.45 bits per heavy atom. The van der Waals surface area contributed by atoms with Gasteiger partial charge in [0, 0.05) is 30.7 Å². The highest BCUT2D eigenvalue weighted by molar-refractivity contribution is 6.31. The van der Waals surface area contributed by atoms with Gasteiger partial charge in [-0.3, -0.25) is 14.9 Å². The maximum Gasteiger partial charge on any atom is 0.269 e. The lowest BCUT2D eigenvalue weighted by Crippen LogP contribution is -2.48. The fourth-order valence-electron chi connectivity index (χ4n) is 1.74. The van der Waals surface area contributed by atoms with E-state index in [4.69, 9.17) is 17.3 Å². The van der Waals surface area contributed by atoms with Crippen LogP contribution in [0.4, 0.5) is 5.69 Å².